The number of para-hydroxylation sites is 4. The molecule has 22 rings (SSSR count). The highest BCUT2D eigenvalue weighted by atomic mass is 15.1. The number of fused-ring (bicyclic) bond motifs is 12. The molecule has 0 radical (unpaired) electrons. The third-order valence-electron chi connectivity index (χ3n) is 23.5. The Morgan fingerprint density at radius 3 is 0.561 bits per heavy atom. The molecule has 0 saturated carbocycles. The summed E-state index contributed by atoms with van der Waals surface area (Å²) in [6.45, 7) is 0. The van der Waals surface area contributed by atoms with Crippen molar-refractivity contribution in [2.45, 2.75) is 0 Å². The third kappa shape index (κ3) is 10.8. The first kappa shape index (κ1) is 65.7. The molecule has 5 nitrogen and oxygen atoms in total. The lowest BCUT2D eigenvalue weighted by atomic mass is 9.93. The maximum absolute atomic E-state index is 13.6. The first-order valence-electron chi connectivity index (χ1n) is 39.0. The van der Waals surface area contributed by atoms with Crippen LogP contribution in [-0.2, 0) is 0 Å². The first-order chi connectivity index (χ1) is 56.5. The van der Waals surface area contributed by atoms with Crippen molar-refractivity contribution in [2.24, 2.45) is 0 Å². The van der Waals surface area contributed by atoms with Crippen LogP contribution in [-0.4, -0.2) is 18.3 Å². The predicted molar refractivity (Wildman–Crippen MR) is 477 cm³/mol. The minimum Gasteiger partial charge on any atom is -0.306 e. The zero-order chi connectivity index (χ0) is 75.3. The zero-order valence-corrected chi connectivity index (χ0v) is 62.1. The maximum Gasteiger partial charge on any atom is 0.104 e. The van der Waals surface area contributed by atoms with Crippen LogP contribution < -0.4 is 0 Å². The van der Waals surface area contributed by atoms with Crippen molar-refractivity contribution in [2.75, 3.05) is 0 Å². The summed E-state index contributed by atoms with van der Waals surface area (Å²) in [7, 11) is 0. The van der Waals surface area contributed by atoms with Gasteiger partial charge in [0.1, 0.15) is 11.6 Å². The highest BCUT2D eigenvalue weighted by Gasteiger charge is 2.36. The van der Waals surface area contributed by atoms with Gasteiger partial charge in [-0.15, -0.1) is 0 Å². The molecule has 0 saturated heterocycles. The molecule has 0 atom stereocenters. The van der Waals surface area contributed by atoms with Gasteiger partial charge >= 0.3 is 0 Å². The lowest BCUT2D eigenvalue weighted by molar-refractivity contribution is 1.04. The monoisotopic (exact) mass is 1450 g/mol. The molecular weight excluding hydrogens is 1380 g/mol. The van der Waals surface area contributed by atoms with E-state index in [1.165, 1.54) is 22.3 Å². The molecule has 0 N–H and O–H groups in total. The van der Waals surface area contributed by atoms with Crippen molar-refractivity contribution in [3.8, 4) is 129 Å². The average molecular weight is 1450 g/mol. The number of aromatic nitrogens is 4. The summed E-state index contributed by atoms with van der Waals surface area (Å²) in [5.41, 5.74) is 31.6. The van der Waals surface area contributed by atoms with Gasteiger partial charge in [0.25, 0.3) is 0 Å². The largest absolute Gasteiger partial charge is 0.306 e. The van der Waals surface area contributed by atoms with Gasteiger partial charge in [0, 0.05) is 48.7 Å². The molecule has 114 heavy (non-hydrogen) atoms. The highest BCUT2D eigenvalue weighted by molar-refractivity contribution is 6.19. The van der Waals surface area contributed by atoms with Gasteiger partial charge in [0.2, 0.25) is 0 Å². The van der Waals surface area contributed by atoms with Crippen LogP contribution in [0.2, 0.25) is 0 Å². The van der Waals surface area contributed by atoms with Crippen molar-refractivity contribution in [1.29, 1.82) is 5.26 Å². The second-order valence-corrected chi connectivity index (χ2v) is 29.7. The van der Waals surface area contributed by atoms with E-state index in [9.17, 15) is 5.26 Å². The van der Waals surface area contributed by atoms with E-state index in [0.717, 1.165) is 188 Å². The fraction of sp³-hybridized carbons (Fsp3) is 0. The zero-order valence-electron chi connectivity index (χ0n) is 62.1. The first-order valence-corrected chi connectivity index (χ1v) is 39.0. The van der Waals surface area contributed by atoms with E-state index in [2.05, 4.69) is 443 Å². The van der Waals surface area contributed by atoms with Crippen molar-refractivity contribution in [3.63, 3.8) is 0 Å². The van der Waals surface area contributed by atoms with Gasteiger partial charge in [0.05, 0.1) is 66.9 Å². The Labute approximate surface area is 659 Å². The molecule has 0 aliphatic rings. The molecule has 0 aliphatic carbocycles. The molecule has 4 aromatic heterocycles. The summed E-state index contributed by atoms with van der Waals surface area (Å²) in [6, 6.07) is 156. The van der Waals surface area contributed by atoms with Gasteiger partial charge < -0.3 is 18.3 Å². The summed E-state index contributed by atoms with van der Waals surface area (Å²) in [5.74, 6) is 0. The van der Waals surface area contributed by atoms with Gasteiger partial charge in [-0.1, -0.05) is 346 Å². The van der Waals surface area contributed by atoms with Crippen LogP contribution in [0.4, 0.5) is 0 Å². The van der Waals surface area contributed by atoms with E-state index in [0.29, 0.717) is 5.56 Å². The fourth-order valence-electron chi connectivity index (χ4n) is 18.1. The molecule has 0 bridgehead atoms. The Hall–Kier alpha value is -15.4. The second-order valence-electron chi connectivity index (χ2n) is 29.7. The Morgan fingerprint density at radius 2 is 0.325 bits per heavy atom. The summed E-state index contributed by atoms with van der Waals surface area (Å²) in [5, 5.41) is 22.2. The van der Waals surface area contributed by atoms with Gasteiger partial charge in [-0.2, -0.15) is 5.26 Å². The van der Waals surface area contributed by atoms with Gasteiger partial charge in [-0.25, -0.2) is 0 Å². The van der Waals surface area contributed by atoms with Gasteiger partial charge in [-0.05, 0) is 167 Å². The van der Waals surface area contributed by atoms with Crippen LogP contribution in [0.25, 0.3) is 210 Å². The van der Waals surface area contributed by atoms with E-state index >= 15 is 0 Å². The molecule has 0 unspecified atom stereocenters. The topological polar surface area (TPSA) is 43.5 Å². The predicted octanol–water partition coefficient (Wildman–Crippen LogP) is 28.9. The Bertz CT molecular complexity index is 6760. The Morgan fingerprint density at radius 1 is 0.149 bits per heavy atom. The van der Waals surface area contributed by atoms with Crippen molar-refractivity contribution in [3.05, 3.63) is 424 Å². The minimum absolute atomic E-state index is 0.498. The van der Waals surface area contributed by atoms with Crippen LogP contribution in [0.15, 0.2) is 419 Å². The fourth-order valence-corrected chi connectivity index (χ4v) is 18.1. The van der Waals surface area contributed by atoms with Crippen molar-refractivity contribution in [1.82, 2.24) is 18.3 Å². The van der Waals surface area contributed by atoms with Gasteiger partial charge in [0.15, 0.2) is 0 Å². The van der Waals surface area contributed by atoms with Crippen LogP contribution in [0.3, 0.4) is 0 Å². The van der Waals surface area contributed by atoms with E-state index in [1.54, 1.807) is 0 Å². The molecule has 22 aromatic rings. The molecule has 530 valence electrons. The molecule has 5 heteroatoms. The molecular formula is C109H69N5. The Kier molecular flexibility index (Phi) is 15.6. The summed E-state index contributed by atoms with van der Waals surface area (Å²) in [6.07, 6.45) is 0. The molecule has 0 spiro atoms. The average Bonchev–Trinajstić information content (AvgIpc) is 1.44. The van der Waals surface area contributed by atoms with Crippen molar-refractivity contribution >= 4 is 87.2 Å². The summed E-state index contributed by atoms with van der Waals surface area (Å²) in [4.78, 5) is 0. The molecule has 0 aliphatic heterocycles. The van der Waals surface area contributed by atoms with Gasteiger partial charge in [-0.3, -0.25) is 0 Å². The van der Waals surface area contributed by atoms with E-state index in [4.69, 9.17) is 0 Å². The highest BCUT2D eigenvalue weighted by Crippen LogP contribution is 2.53. The normalized spacial score (nSPS) is 11.7. The number of hydrogen-bond acceptors (Lipinski definition) is 1. The van der Waals surface area contributed by atoms with Crippen LogP contribution in [0.1, 0.15) is 5.56 Å². The number of hydrogen-bond donors (Lipinski definition) is 0. The summed E-state index contributed by atoms with van der Waals surface area (Å²) < 4.78 is 9.90. The van der Waals surface area contributed by atoms with Crippen LogP contribution >= 0.6 is 0 Å². The maximum atomic E-state index is 13.6. The standard InChI is InChI=1S/C109H69N5/c110-70-96-106(111-97-38-20-16-34-88(97)89-35-17-21-39-98(89)111)108(113-101-62-58-84(79-50-42-75(43-51-79)71-24-6-1-7-25-71)66-92(101)93-67-85(59-63-102(93)113)80-52-44-76(45-53-80)72-26-8-2-9-27-72)105(83-32-14-5-15-33-83)109(107(96)112-99-40-22-18-36-90(99)91-37-19-23-41-100(91)112)114-103-64-60-86(81-54-46-77(47-55-81)73-28-10-3-11-29-73)68-94(103)95-69-87(61-65-104(95)114)82-56-48-78(49-57-82)74-30-12-4-13-31-74/h1-69H. The molecule has 18 aromatic carbocycles. The molecule has 0 amide bonds. The SMILES string of the molecule is N#Cc1c(-n2c3ccccc3c3ccccc32)c(-n2c3ccc(-c4ccc(-c5ccccc5)cc4)cc3c3cc(-c4ccc(-c5ccccc5)cc4)ccc32)c(-c2ccccc2)c(-n2c3ccc(-c4ccc(-c5ccccc5)cc4)cc3c3cc(-c4ccc(-c5ccccc5)cc4)ccc32)c1-n1c2ccccc2c2ccccc21. The third-order valence-corrected chi connectivity index (χ3v) is 23.5. The van der Waals surface area contributed by atoms with E-state index in [1.807, 2.05) is 0 Å². The van der Waals surface area contributed by atoms with Crippen LogP contribution in [0, 0.1) is 11.3 Å². The lowest BCUT2D eigenvalue weighted by Crippen LogP contribution is -2.16. The van der Waals surface area contributed by atoms with E-state index in [-0.39, 0.29) is 0 Å². The molecule has 4 heterocycles. The number of nitrogens with zero attached hydrogens (tertiary/aromatic N) is 5. The smallest absolute Gasteiger partial charge is 0.104 e. The lowest BCUT2D eigenvalue weighted by Gasteiger charge is -2.29. The second kappa shape index (κ2) is 27.0. The minimum atomic E-state index is 0.498. The van der Waals surface area contributed by atoms with E-state index < -0.39 is 0 Å². The Balaban J connectivity index is 0.913. The number of rotatable bonds is 13. The summed E-state index contributed by atoms with van der Waals surface area (Å²) >= 11 is 0. The number of benzene rings is 18. The molecule has 0 fully saturated rings. The quantitative estimate of drug-likeness (QED) is 0.113. The van der Waals surface area contributed by atoms with Crippen molar-refractivity contribution < 1.29 is 0 Å². The number of nitriles is 1. The van der Waals surface area contributed by atoms with Crippen LogP contribution in [0.5, 0.6) is 0 Å².